The quantitative estimate of drug-likeness (QED) is 0.642. The van der Waals surface area contributed by atoms with E-state index < -0.39 is 5.54 Å². The van der Waals surface area contributed by atoms with Gasteiger partial charge in [0.05, 0.1) is 12.7 Å². The van der Waals surface area contributed by atoms with Gasteiger partial charge in [0.25, 0.3) is 0 Å². The molecule has 0 aliphatic heterocycles. The van der Waals surface area contributed by atoms with Gasteiger partial charge in [0.1, 0.15) is 5.54 Å². The van der Waals surface area contributed by atoms with Crippen LogP contribution < -0.4 is 5.32 Å². The Bertz CT molecular complexity index is 172. The highest BCUT2D eigenvalue weighted by Gasteiger charge is 2.39. The smallest absolute Gasteiger partial charge is 0.328 e. The summed E-state index contributed by atoms with van der Waals surface area (Å²) in [6.07, 6.45) is -0.225. The van der Waals surface area contributed by atoms with Crippen LogP contribution in [0.15, 0.2) is 0 Å². The van der Waals surface area contributed by atoms with E-state index in [1.54, 1.807) is 28.0 Å². The van der Waals surface area contributed by atoms with Gasteiger partial charge in [0.15, 0.2) is 0 Å². The van der Waals surface area contributed by atoms with Crippen molar-refractivity contribution < 1.29 is 14.3 Å². The summed E-state index contributed by atoms with van der Waals surface area (Å²) in [6, 6.07) is 0. The van der Waals surface area contributed by atoms with Crippen molar-refractivity contribution in [2.75, 3.05) is 20.8 Å². The molecule has 0 rings (SSSR count). The van der Waals surface area contributed by atoms with E-state index in [0.29, 0.717) is 6.61 Å². The summed E-state index contributed by atoms with van der Waals surface area (Å²) in [4.78, 5) is 11.5. The molecular formula is C9H19NO3. The SMILES string of the molecule is CCOC(=O)C(C)(NC)C(C)OC. The minimum absolute atomic E-state index is 0.225. The first-order valence-corrected chi connectivity index (χ1v) is 4.41. The monoisotopic (exact) mass is 189 g/mol. The maximum atomic E-state index is 11.5. The van der Waals surface area contributed by atoms with Crippen molar-refractivity contribution in [2.24, 2.45) is 0 Å². The van der Waals surface area contributed by atoms with E-state index >= 15 is 0 Å². The first-order chi connectivity index (χ1) is 6.02. The van der Waals surface area contributed by atoms with Crippen molar-refractivity contribution in [3.8, 4) is 0 Å². The summed E-state index contributed by atoms with van der Waals surface area (Å²) in [6.45, 7) is 5.75. The van der Waals surface area contributed by atoms with Gasteiger partial charge in [-0.1, -0.05) is 0 Å². The second kappa shape index (κ2) is 5.19. The lowest BCUT2D eigenvalue weighted by molar-refractivity contribution is -0.155. The number of carbonyl (C=O) groups excluding carboxylic acids is 1. The van der Waals surface area contributed by atoms with Gasteiger partial charge in [0.2, 0.25) is 0 Å². The summed E-state index contributed by atoms with van der Waals surface area (Å²) in [7, 11) is 3.28. The lowest BCUT2D eigenvalue weighted by Gasteiger charge is -2.31. The molecule has 13 heavy (non-hydrogen) atoms. The van der Waals surface area contributed by atoms with Crippen molar-refractivity contribution in [1.82, 2.24) is 5.32 Å². The van der Waals surface area contributed by atoms with E-state index in [1.807, 2.05) is 6.92 Å². The molecule has 0 amide bonds. The van der Waals surface area contributed by atoms with Crippen molar-refractivity contribution in [2.45, 2.75) is 32.4 Å². The predicted octanol–water partition coefficient (Wildman–Crippen LogP) is 0.562. The van der Waals surface area contributed by atoms with Gasteiger partial charge in [0, 0.05) is 7.11 Å². The van der Waals surface area contributed by atoms with Crippen molar-refractivity contribution in [1.29, 1.82) is 0 Å². The number of methoxy groups -OCH3 is 1. The summed E-state index contributed by atoms with van der Waals surface area (Å²) in [5.41, 5.74) is -0.773. The zero-order valence-electron chi connectivity index (χ0n) is 9.01. The molecule has 0 bridgehead atoms. The normalized spacial score (nSPS) is 17.6. The topological polar surface area (TPSA) is 47.6 Å². The van der Waals surface area contributed by atoms with Crippen LogP contribution in [0, 0.1) is 0 Å². The zero-order chi connectivity index (χ0) is 10.5. The molecule has 0 aromatic heterocycles. The summed E-state index contributed by atoms with van der Waals surface area (Å²) in [5, 5.41) is 2.91. The maximum absolute atomic E-state index is 11.5. The molecular weight excluding hydrogens is 170 g/mol. The third-order valence-corrected chi connectivity index (χ3v) is 2.39. The number of nitrogens with one attached hydrogen (secondary N) is 1. The van der Waals surface area contributed by atoms with Crippen LogP contribution in [0.2, 0.25) is 0 Å². The van der Waals surface area contributed by atoms with Crippen LogP contribution in [-0.2, 0) is 14.3 Å². The number of carbonyl (C=O) groups is 1. The highest BCUT2D eigenvalue weighted by Crippen LogP contribution is 2.14. The molecule has 0 radical (unpaired) electrons. The number of rotatable bonds is 5. The average Bonchev–Trinajstić information content (AvgIpc) is 2.15. The largest absolute Gasteiger partial charge is 0.465 e. The fourth-order valence-corrected chi connectivity index (χ4v) is 0.988. The summed E-state index contributed by atoms with van der Waals surface area (Å²) in [5.74, 6) is -0.285. The van der Waals surface area contributed by atoms with E-state index in [0.717, 1.165) is 0 Å². The maximum Gasteiger partial charge on any atom is 0.328 e. The van der Waals surface area contributed by atoms with E-state index in [-0.39, 0.29) is 12.1 Å². The van der Waals surface area contributed by atoms with Crippen LogP contribution in [0.1, 0.15) is 20.8 Å². The predicted molar refractivity (Wildman–Crippen MR) is 50.6 cm³/mol. The fraction of sp³-hybridized carbons (Fsp3) is 0.889. The van der Waals surface area contributed by atoms with Crippen LogP contribution >= 0.6 is 0 Å². The second-order valence-corrected chi connectivity index (χ2v) is 3.05. The Balaban J connectivity index is 4.51. The summed E-state index contributed by atoms with van der Waals surface area (Å²) < 4.78 is 10.0. The lowest BCUT2D eigenvalue weighted by Crippen LogP contribution is -2.57. The molecule has 0 fully saturated rings. The minimum Gasteiger partial charge on any atom is -0.465 e. The van der Waals surface area contributed by atoms with Crippen LogP contribution in [0.5, 0.6) is 0 Å². The standard InChI is InChI=1S/C9H19NO3/c1-6-13-8(11)9(3,10-4)7(2)12-5/h7,10H,6H2,1-5H3. The molecule has 0 aromatic carbocycles. The van der Waals surface area contributed by atoms with Crippen molar-refractivity contribution >= 4 is 5.97 Å². The molecule has 4 nitrogen and oxygen atoms in total. The molecule has 1 N–H and O–H groups in total. The molecule has 0 aliphatic rings. The van der Waals surface area contributed by atoms with E-state index in [1.165, 1.54) is 0 Å². The Hall–Kier alpha value is -0.610. The van der Waals surface area contributed by atoms with E-state index in [4.69, 9.17) is 9.47 Å². The van der Waals surface area contributed by atoms with Gasteiger partial charge in [-0.2, -0.15) is 0 Å². The minimum atomic E-state index is -0.773. The third kappa shape index (κ3) is 2.67. The third-order valence-electron chi connectivity index (χ3n) is 2.39. The highest BCUT2D eigenvalue weighted by molar-refractivity contribution is 5.81. The van der Waals surface area contributed by atoms with Crippen LogP contribution in [0.4, 0.5) is 0 Å². The first-order valence-electron chi connectivity index (χ1n) is 4.41. The summed E-state index contributed by atoms with van der Waals surface area (Å²) >= 11 is 0. The Labute approximate surface area is 79.6 Å². The molecule has 0 spiro atoms. The fourth-order valence-electron chi connectivity index (χ4n) is 0.988. The van der Waals surface area contributed by atoms with Gasteiger partial charge in [-0.25, -0.2) is 4.79 Å². The first kappa shape index (κ1) is 12.4. The van der Waals surface area contributed by atoms with Crippen LogP contribution in [0.3, 0.4) is 0 Å². The van der Waals surface area contributed by atoms with Crippen LogP contribution in [-0.4, -0.2) is 38.4 Å². The molecule has 0 heterocycles. The van der Waals surface area contributed by atoms with Crippen molar-refractivity contribution in [3.05, 3.63) is 0 Å². The molecule has 0 saturated carbocycles. The molecule has 4 heteroatoms. The molecule has 78 valence electrons. The number of hydrogen-bond acceptors (Lipinski definition) is 4. The van der Waals surface area contributed by atoms with Gasteiger partial charge >= 0.3 is 5.97 Å². The molecule has 0 aliphatic carbocycles. The van der Waals surface area contributed by atoms with Gasteiger partial charge < -0.3 is 14.8 Å². The molecule has 2 atom stereocenters. The number of esters is 1. The van der Waals surface area contributed by atoms with Gasteiger partial charge in [-0.3, -0.25) is 0 Å². The van der Waals surface area contributed by atoms with Gasteiger partial charge in [-0.15, -0.1) is 0 Å². The number of hydrogen-bond donors (Lipinski definition) is 1. The van der Waals surface area contributed by atoms with E-state index in [2.05, 4.69) is 5.32 Å². The average molecular weight is 189 g/mol. The molecule has 2 unspecified atom stereocenters. The number of ether oxygens (including phenoxy) is 2. The zero-order valence-corrected chi connectivity index (χ0v) is 9.01. The number of likely N-dealkylation sites (N-methyl/N-ethyl adjacent to an activating group) is 1. The lowest BCUT2D eigenvalue weighted by atomic mass is 9.96. The second-order valence-electron chi connectivity index (χ2n) is 3.05. The Morgan fingerprint density at radius 3 is 2.46 bits per heavy atom. The Morgan fingerprint density at radius 2 is 2.15 bits per heavy atom. The van der Waals surface area contributed by atoms with Gasteiger partial charge in [-0.05, 0) is 27.8 Å². The molecule has 0 saturated heterocycles. The van der Waals surface area contributed by atoms with Crippen molar-refractivity contribution in [3.63, 3.8) is 0 Å². The Morgan fingerprint density at radius 1 is 1.62 bits per heavy atom. The van der Waals surface area contributed by atoms with Crippen LogP contribution in [0.25, 0.3) is 0 Å². The highest BCUT2D eigenvalue weighted by atomic mass is 16.5. The van der Waals surface area contributed by atoms with E-state index in [9.17, 15) is 4.79 Å². The molecule has 0 aromatic rings. The Kier molecular flexibility index (Phi) is 4.95.